The topological polar surface area (TPSA) is 71.6 Å². The van der Waals surface area contributed by atoms with Crippen LogP contribution in [0.3, 0.4) is 0 Å². The third-order valence-corrected chi connectivity index (χ3v) is 5.85. The van der Waals surface area contributed by atoms with E-state index in [4.69, 9.17) is 9.26 Å². The maximum atomic E-state index is 11.0. The lowest BCUT2D eigenvalue weighted by atomic mass is 10.00. The Kier molecular flexibility index (Phi) is 3.66. The van der Waals surface area contributed by atoms with Gasteiger partial charge in [0.05, 0.1) is 6.61 Å². The highest BCUT2D eigenvalue weighted by Gasteiger charge is 2.42. The van der Waals surface area contributed by atoms with Gasteiger partial charge in [-0.25, -0.2) is 0 Å². The second kappa shape index (κ2) is 5.90. The Balaban J connectivity index is 1.34. The molecule has 1 aromatic heterocycles. The summed E-state index contributed by atoms with van der Waals surface area (Å²) in [4.78, 5) is 7.01. The second-order valence-corrected chi connectivity index (χ2v) is 7.58. The molecular weight excluding hydrogens is 318 g/mol. The Morgan fingerprint density at radius 1 is 1.16 bits per heavy atom. The van der Waals surface area contributed by atoms with Gasteiger partial charge in [0.25, 0.3) is 5.89 Å². The van der Waals surface area contributed by atoms with E-state index in [0.717, 1.165) is 30.8 Å². The summed E-state index contributed by atoms with van der Waals surface area (Å²) in [6.45, 7) is 2.65. The number of morpholine rings is 1. The van der Waals surface area contributed by atoms with Crippen LogP contribution in [0.15, 0.2) is 28.8 Å². The van der Waals surface area contributed by atoms with Crippen molar-refractivity contribution in [2.75, 3.05) is 19.7 Å². The first-order valence-corrected chi connectivity index (χ1v) is 9.20. The van der Waals surface area contributed by atoms with E-state index in [2.05, 4.69) is 15.0 Å². The Morgan fingerprint density at radius 2 is 1.96 bits per heavy atom. The molecule has 2 aromatic rings. The van der Waals surface area contributed by atoms with Crippen LogP contribution in [0.25, 0.3) is 0 Å². The number of fused-ring (bicyclic) bond motifs is 2. The minimum atomic E-state index is -1.10. The molecule has 6 nitrogen and oxygen atoms in total. The number of hydrogen-bond acceptors (Lipinski definition) is 6. The monoisotopic (exact) mass is 341 g/mol. The zero-order valence-electron chi connectivity index (χ0n) is 14.2. The maximum Gasteiger partial charge on any atom is 0.259 e. The molecule has 0 amide bonds. The molecule has 0 spiro atoms. The van der Waals surface area contributed by atoms with Crippen molar-refractivity contribution in [1.29, 1.82) is 0 Å². The van der Waals surface area contributed by atoms with Crippen LogP contribution < -0.4 is 0 Å². The van der Waals surface area contributed by atoms with Crippen molar-refractivity contribution in [3.05, 3.63) is 47.1 Å². The fraction of sp³-hybridized carbons (Fsp3) is 0.579. The van der Waals surface area contributed by atoms with Crippen LogP contribution in [0.5, 0.6) is 0 Å². The van der Waals surface area contributed by atoms with Crippen molar-refractivity contribution >= 4 is 0 Å². The van der Waals surface area contributed by atoms with Gasteiger partial charge in [-0.2, -0.15) is 4.98 Å². The average molecular weight is 341 g/mol. The summed E-state index contributed by atoms with van der Waals surface area (Å²) in [7, 11) is 0. The van der Waals surface area contributed by atoms with E-state index >= 15 is 0 Å². The zero-order valence-corrected chi connectivity index (χ0v) is 14.2. The van der Waals surface area contributed by atoms with Crippen LogP contribution in [0.1, 0.15) is 48.2 Å². The van der Waals surface area contributed by atoms with Crippen molar-refractivity contribution in [2.24, 2.45) is 0 Å². The predicted molar refractivity (Wildman–Crippen MR) is 89.9 cm³/mol. The lowest BCUT2D eigenvalue weighted by Gasteiger charge is -2.41. The molecule has 1 unspecified atom stereocenters. The van der Waals surface area contributed by atoms with Crippen LogP contribution in [-0.4, -0.2) is 45.9 Å². The average Bonchev–Trinajstić information content (AvgIpc) is 3.26. The molecule has 25 heavy (non-hydrogen) atoms. The molecule has 1 aliphatic carbocycles. The number of rotatable bonds is 2. The summed E-state index contributed by atoms with van der Waals surface area (Å²) >= 11 is 0. The molecule has 2 atom stereocenters. The van der Waals surface area contributed by atoms with Gasteiger partial charge in [-0.1, -0.05) is 35.8 Å². The van der Waals surface area contributed by atoms with Crippen molar-refractivity contribution in [1.82, 2.24) is 15.0 Å². The fourth-order valence-electron chi connectivity index (χ4n) is 4.44. The predicted octanol–water partition coefficient (Wildman–Crippen LogP) is 1.98. The van der Waals surface area contributed by atoms with Crippen LogP contribution in [0, 0.1) is 0 Å². The van der Waals surface area contributed by atoms with Crippen LogP contribution in [0.2, 0.25) is 0 Å². The number of piperidine rings is 1. The van der Waals surface area contributed by atoms with Gasteiger partial charge in [0.2, 0.25) is 5.82 Å². The van der Waals surface area contributed by atoms with Crippen molar-refractivity contribution in [3.8, 4) is 0 Å². The van der Waals surface area contributed by atoms with Gasteiger partial charge in [-0.05, 0) is 30.5 Å². The molecule has 0 radical (unpaired) electrons. The molecular formula is C19H23N3O3. The minimum Gasteiger partial charge on any atom is -0.379 e. The summed E-state index contributed by atoms with van der Waals surface area (Å²) < 4.78 is 11.5. The summed E-state index contributed by atoms with van der Waals surface area (Å²) in [6, 6.07) is 8.62. The third-order valence-electron chi connectivity index (χ3n) is 5.85. The van der Waals surface area contributed by atoms with Crippen LogP contribution >= 0.6 is 0 Å². The fourth-order valence-corrected chi connectivity index (χ4v) is 4.44. The van der Waals surface area contributed by atoms with Gasteiger partial charge in [-0.3, -0.25) is 4.90 Å². The second-order valence-electron chi connectivity index (χ2n) is 7.58. The normalized spacial score (nSPS) is 28.5. The summed E-state index contributed by atoms with van der Waals surface area (Å²) in [5.41, 5.74) is 1.20. The zero-order chi connectivity index (χ0) is 16.9. The van der Waals surface area contributed by atoms with Crippen LogP contribution in [-0.2, 0) is 23.2 Å². The first-order chi connectivity index (χ1) is 12.2. The lowest BCUT2D eigenvalue weighted by molar-refractivity contribution is -0.0805. The lowest BCUT2D eigenvalue weighted by Crippen LogP contribution is -2.49. The number of aliphatic hydroxyl groups is 1. The third kappa shape index (κ3) is 2.69. The molecule has 2 saturated heterocycles. The molecule has 0 bridgehead atoms. The molecule has 132 valence electrons. The standard InChI is InChI=1S/C19H23N3O3/c23-19(9-13-5-1-2-6-14(13)10-19)18-20-17(21-25-18)16-11-22-8-4-3-7-15(22)12-24-16/h1-2,5-6,15-16,23H,3-4,7-12H2/t15?,16-/m1/s1. The van der Waals surface area contributed by atoms with E-state index in [1.54, 1.807) is 0 Å². The Hall–Kier alpha value is -1.76. The molecule has 1 N–H and O–H groups in total. The van der Waals surface area contributed by atoms with Crippen molar-refractivity contribution in [2.45, 2.75) is 49.9 Å². The smallest absolute Gasteiger partial charge is 0.259 e. The Morgan fingerprint density at radius 3 is 2.76 bits per heavy atom. The molecule has 3 aliphatic rings. The largest absolute Gasteiger partial charge is 0.379 e. The minimum absolute atomic E-state index is 0.167. The molecule has 2 fully saturated rings. The number of benzene rings is 1. The summed E-state index contributed by atoms with van der Waals surface area (Å²) in [5, 5.41) is 15.2. The van der Waals surface area contributed by atoms with E-state index in [0.29, 0.717) is 30.6 Å². The summed E-state index contributed by atoms with van der Waals surface area (Å²) in [6.07, 6.45) is 4.62. The number of ether oxygens (including phenoxy) is 1. The Labute approximate surface area is 146 Å². The highest BCUT2D eigenvalue weighted by Crippen LogP contribution is 2.37. The molecule has 5 rings (SSSR count). The SMILES string of the molecule is OC1(c2nc([C@H]3CN4CCCCC4CO3)no2)Cc2ccccc2C1. The van der Waals surface area contributed by atoms with E-state index < -0.39 is 5.60 Å². The summed E-state index contributed by atoms with van der Waals surface area (Å²) in [5.74, 6) is 0.867. The first-order valence-electron chi connectivity index (χ1n) is 9.20. The Bertz CT molecular complexity index is 750. The van der Waals surface area contributed by atoms with E-state index in [1.165, 1.54) is 19.3 Å². The van der Waals surface area contributed by atoms with Gasteiger partial charge >= 0.3 is 0 Å². The highest BCUT2D eigenvalue weighted by atomic mass is 16.5. The van der Waals surface area contributed by atoms with E-state index in [-0.39, 0.29) is 6.10 Å². The quantitative estimate of drug-likeness (QED) is 0.901. The van der Waals surface area contributed by atoms with Gasteiger partial charge in [-0.15, -0.1) is 0 Å². The number of hydrogen-bond donors (Lipinski definition) is 1. The molecule has 0 saturated carbocycles. The van der Waals surface area contributed by atoms with Gasteiger partial charge in [0.1, 0.15) is 6.10 Å². The van der Waals surface area contributed by atoms with Crippen molar-refractivity contribution < 1.29 is 14.4 Å². The molecule has 3 heterocycles. The van der Waals surface area contributed by atoms with Gasteiger partial charge in [0, 0.05) is 25.4 Å². The maximum absolute atomic E-state index is 11.0. The van der Waals surface area contributed by atoms with Crippen LogP contribution in [0.4, 0.5) is 0 Å². The first kappa shape index (κ1) is 15.5. The van der Waals surface area contributed by atoms with E-state index in [1.807, 2.05) is 24.3 Å². The number of aromatic nitrogens is 2. The van der Waals surface area contributed by atoms with Gasteiger partial charge in [0.15, 0.2) is 5.60 Å². The van der Waals surface area contributed by atoms with Crippen molar-refractivity contribution in [3.63, 3.8) is 0 Å². The van der Waals surface area contributed by atoms with Gasteiger partial charge < -0.3 is 14.4 Å². The number of nitrogens with zero attached hydrogens (tertiary/aromatic N) is 3. The highest BCUT2D eigenvalue weighted by molar-refractivity contribution is 5.36. The molecule has 6 heteroatoms. The molecule has 1 aromatic carbocycles. The van der Waals surface area contributed by atoms with E-state index in [9.17, 15) is 5.11 Å². The molecule has 2 aliphatic heterocycles.